The molecule has 2 aromatic rings. The van der Waals surface area contributed by atoms with Gasteiger partial charge in [-0.15, -0.1) is 0 Å². The summed E-state index contributed by atoms with van der Waals surface area (Å²) < 4.78 is 0.644. The normalized spacial score (nSPS) is 10.2. The van der Waals surface area contributed by atoms with Crippen LogP contribution in [-0.2, 0) is 0 Å². The van der Waals surface area contributed by atoms with Crippen LogP contribution >= 0.6 is 27.5 Å². The molecule has 0 radical (unpaired) electrons. The Morgan fingerprint density at radius 1 is 1.14 bits per heavy atom. The summed E-state index contributed by atoms with van der Waals surface area (Å²) in [6, 6.07) is 9.57. The van der Waals surface area contributed by atoms with Crippen molar-refractivity contribution < 1.29 is 14.7 Å². The third-order valence-electron chi connectivity index (χ3n) is 2.83. The maximum Gasteiger partial charge on any atom is 0.337 e. The van der Waals surface area contributed by atoms with Crippen LogP contribution in [0.2, 0.25) is 5.02 Å². The summed E-state index contributed by atoms with van der Waals surface area (Å²) in [5.74, 6) is -1.55. The summed E-state index contributed by atoms with van der Waals surface area (Å²) in [5, 5.41) is 12.0. The van der Waals surface area contributed by atoms with E-state index in [-0.39, 0.29) is 11.3 Å². The smallest absolute Gasteiger partial charge is 0.337 e. The van der Waals surface area contributed by atoms with E-state index in [1.807, 2.05) is 13.0 Å². The SMILES string of the molecule is Cc1ccc(C(=O)Nc2ccc(Cl)cc2C(=O)O)c(Br)c1. The maximum atomic E-state index is 12.2. The van der Waals surface area contributed by atoms with E-state index in [4.69, 9.17) is 16.7 Å². The van der Waals surface area contributed by atoms with Crippen LogP contribution < -0.4 is 5.32 Å². The lowest BCUT2D eigenvalue weighted by Gasteiger charge is -2.10. The van der Waals surface area contributed by atoms with Crippen LogP contribution in [-0.4, -0.2) is 17.0 Å². The van der Waals surface area contributed by atoms with Gasteiger partial charge in [0.15, 0.2) is 0 Å². The standard InChI is InChI=1S/C15H11BrClNO3/c1-8-2-4-10(12(16)6-8)14(19)18-13-5-3-9(17)7-11(13)15(20)21/h2-7H,1H3,(H,18,19)(H,20,21). The molecule has 4 nitrogen and oxygen atoms in total. The molecule has 0 aliphatic rings. The molecule has 21 heavy (non-hydrogen) atoms. The summed E-state index contributed by atoms with van der Waals surface area (Å²) in [5.41, 5.74) is 1.58. The minimum atomic E-state index is -1.16. The Hall–Kier alpha value is -1.85. The molecule has 0 spiro atoms. The highest BCUT2D eigenvalue weighted by Crippen LogP contribution is 2.23. The van der Waals surface area contributed by atoms with Gasteiger partial charge in [-0.2, -0.15) is 0 Å². The van der Waals surface area contributed by atoms with Gasteiger partial charge in [0.05, 0.1) is 16.8 Å². The predicted octanol–water partition coefficient (Wildman–Crippen LogP) is 4.36. The van der Waals surface area contributed by atoms with Gasteiger partial charge in [-0.05, 0) is 58.7 Å². The molecule has 0 aliphatic heterocycles. The highest BCUT2D eigenvalue weighted by Gasteiger charge is 2.15. The number of carbonyl (C=O) groups is 2. The van der Waals surface area contributed by atoms with Gasteiger partial charge in [0.25, 0.3) is 5.91 Å². The van der Waals surface area contributed by atoms with E-state index >= 15 is 0 Å². The van der Waals surface area contributed by atoms with Gasteiger partial charge < -0.3 is 10.4 Å². The molecule has 2 N–H and O–H groups in total. The van der Waals surface area contributed by atoms with Crippen LogP contribution in [0.4, 0.5) is 5.69 Å². The molecule has 0 fully saturated rings. The number of benzene rings is 2. The number of halogens is 2. The number of hydrogen-bond donors (Lipinski definition) is 2. The molecule has 1 amide bonds. The molecule has 0 saturated heterocycles. The Bertz CT molecular complexity index is 731. The van der Waals surface area contributed by atoms with E-state index in [1.165, 1.54) is 18.2 Å². The number of rotatable bonds is 3. The summed E-state index contributed by atoms with van der Waals surface area (Å²) in [6.07, 6.45) is 0. The maximum absolute atomic E-state index is 12.2. The Morgan fingerprint density at radius 3 is 2.48 bits per heavy atom. The molecular weight excluding hydrogens is 358 g/mol. The summed E-state index contributed by atoms with van der Waals surface area (Å²) in [7, 11) is 0. The van der Waals surface area contributed by atoms with Crippen molar-refractivity contribution in [1.29, 1.82) is 0 Å². The largest absolute Gasteiger partial charge is 0.478 e. The number of carbonyl (C=O) groups excluding carboxylic acids is 1. The minimum Gasteiger partial charge on any atom is -0.478 e. The first-order valence-electron chi connectivity index (χ1n) is 5.99. The van der Waals surface area contributed by atoms with Gasteiger partial charge in [0.2, 0.25) is 0 Å². The summed E-state index contributed by atoms with van der Waals surface area (Å²) in [4.78, 5) is 23.4. The van der Waals surface area contributed by atoms with Crippen molar-refractivity contribution in [2.45, 2.75) is 6.92 Å². The highest BCUT2D eigenvalue weighted by molar-refractivity contribution is 9.10. The molecule has 2 rings (SSSR count). The van der Waals surface area contributed by atoms with E-state index in [9.17, 15) is 9.59 Å². The first kappa shape index (κ1) is 15.5. The third-order valence-corrected chi connectivity index (χ3v) is 3.72. The van der Waals surface area contributed by atoms with Gasteiger partial charge in [-0.3, -0.25) is 4.79 Å². The van der Waals surface area contributed by atoms with E-state index < -0.39 is 11.9 Å². The number of aryl methyl sites for hydroxylation is 1. The average molecular weight is 369 g/mol. The molecule has 0 heterocycles. The van der Waals surface area contributed by atoms with E-state index in [0.29, 0.717) is 15.1 Å². The van der Waals surface area contributed by atoms with Gasteiger partial charge in [-0.1, -0.05) is 17.7 Å². The zero-order valence-corrected chi connectivity index (χ0v) is 13.3. The number of aromatic carboxylic acids is 1. The second-order valence-corrected chi connectivity index (χ2v) is 5.72. The average Bonchev–Trinajstić information content (AvgIpc) is 2.40. The van der Waals surface area contributed by atoms with Crippen molar-refractivity contribution in [2.75, 3.05) is 5.32 Å². The number of amides is 1. The van der Waals surface area contributed by atoms with E-state index in [1.54, 1.807) is 12.1 Å². The van der Waals surface area contributed by atoms with Gasteiger partial charge >= 0.3 is 5.97 Å². The second kappa shape index (κ2) is 6.28. The van der Waals surface area contributed by atoms with Crippen molar-refractivity contribution in [3.8, 4) is 0 Å². The lowest BCUT2D eigenvalue weighted by atomic mass is 10.1. The van der Waals surface area contributed by atoms with Crippen LogP contribution in [0.3, 0.4) is 0 Å². The van der Waals surface area contributed by atoms with Gasteiger partial charge in [0.1, 0.15) is 0 Å². The van der Waals surface area contributed by atoms with Crippen molar-refractivity contribution in [2.24, 2.45) is 0 Å². The number of hydrogen-bond acceptors (Lipinski definition) is 2. The molecule has 0 aliphatic carbocycles. The molecule has 0 saturated carbocycles. The number of carboxylic acids is 1. The first-order valence-corrected chi connectivity index (χ1v) is 7.16. The highest BCUT2D eigenvalue weighted by atomic mass is 79.9. The number of anilines is 1. The Labute approximate surface area is 134 Å². The van der Waals surface area contributed by atoms with Crippen LogP contribution in [0.15, 0.2) is 40.9 Å². The first-order chi connectivity index (χ1) is 9.88. The zero-order chi connectivity index (χ0) is 15.6. The zero-order valence-electron chi connectivity index (χ0n) is 11.0. The molecule has 0 aromatic heterocycles. The van der Waals surface area contributed by atoms with Crippen molar-refractivity contribution in [3.05, 3.63) is 62.6 Å². The monoisotopic (exact) mass is 367 g/mol. The lowest BCUT2D eigenvalue weighted by Crippen LogP contribution is -2.15. The molecule has 0 atom stereocenters. The summed E-state index contributed by atoms with van der Waals surface area (Å²) in [6.45, 7) is 1.91. The van der Waals surface area contributed by atoms with Crippen LogP contribution in [0, 0.1) is 6.92 Å². The fraction of sp³-hybridized carbons (Fsp3) is 0.0667. The number of carboxylic acid groups (broad SMARTS) is 1. The molecule has 0 bridgehead atoms. The lowest BCUT2D eigenvalue weighted by molar-refractivity contribution is 0.0698. The van der Waals surface area contributed by atoms with Crippen molar-refractivity contribution in [3.63, 3.8) is 0 Å². The third kappa shape index (κ3) is 3.62. The fourth-order valence-corrected chi connectivity index (χ4v) is 2.64. The van der Waals surface area contributed by atoms with Gasteiger partial charge in [-0.25, -0.2) is 4.79 Å². The Morgan fingerprint density at radius 2 is 1.86 bits per heavy atom. The summed E-state index contributed by atoms with van der Waals surface area (Å²) >= 11 is 9.10. The Kier molecular flexibility index (Phi) is 4.65. The van der Waals surface area contributed by atoms with Gasteiger partial charge in [0, 0.05) is 9.50 Å². The topological polar surface area (TPSA) is 66.4 Å². The Balaban J connectivity index is 2.34. The minimum absolute atomic E-state index is 0.0564. The molecular formula is C15H11BrClNO3. The van der Waals surface area contributed by atoms with E-state index in [0.717, 1.165) is 5.56 Å². The molecule has 108 valence electrons. The van der Waals surface area contributed by atoms with Crippen molar-refractivity contribution in [1.82, 2.24) is 0 Å². The molecule has 2 aromatic carbocycles. The van der Waals surface area contributed by atoms with E-state index in [2.05, 4.69) is 21.2 Å². The van der Waals surface area contributed by atoms with Crippen LogP contribution in [0.1, 0.15) is 26.3 Å². The quantitative estimate of drug-likeness (QED) is 0.846. The van der Waals surface area contributed by atoms with Crippen LogP contribution in [0.5, 0.6) is 0 Å². The van der Waals surface area contributed by atoms with Crippen molar-refractivity contribution >= 4 is 45.1 Å². The van der Waals surface area contributed by atoms with Crippen LogP contribution in [0.25, 0.3) is 0 Å². The fourth-order valence-electron chi connectivity index (χ4n) is 1.80. The predicted molar refractivity (Wildman–Crippen MR) is 85.2 cm³/mol. The molecule has 0 unspecified atom stereocenters. The molecule has 6 heteroatoms. The second-order valence-electron chi connectivity index (χ2n) is 4.43. The number of nitrogens with one attached hydrogen (secondary N) is 1.